The maximum atomic E-state index is 12.4. The number of nitrogens with zero attached hydrogens (tertiary/aromatic N) is 2. The summed E-state index contributed by atoms with van der Waals surface area (Å²) in [6.45, 7) is 4.31. The van der Waals surface area contributed by atoms with Gasteiger partial charge in [-0.3, -0.25) is 9.59 Å². The molecule has 1 aliphatic heterocycles. The first kappa shape index (κ1) is 16.8. The average molecular weight is 338 g/mol. The minimum Gasteiger partial charge on any atom is -0.397 e. The van der Waals surface area contributed by atoms with Crippen molar-refractivity contribution >= 4 is 29.4 Å². The van der Waals surface area contributed by atoms with Crippen LogP contribution < -0.4 is 16.0 Å². The lowest BCUT2D eigenvalue weighted by molar-refractivity contribution is -0.120. The Kier molecular flexibility index (Phi) is 4.88. The molecule has 130 valence electrons. The molecule has 6 nitrogen and oxygen atoms in total. The summed E-state index contributed by atoms with van der Waals surface area (Å²) in [6.07, 6.45) is 0.907. The largest absolute Gasteiger partial charge is 0.397 e. The Morgan fingerprint density at radius 2 is 1.88 bits per heavy atom. The van der Waals surface area contributed by atoms with Gasteiger partial charge in [-0.25, -0.2) is 0 Å². The van der Waals surface area contributed by atoms with Crippen LogP contribution in [0.4, 0.5) is 17.1 Å². The molecule has 0 radical (unpaired) electrons. The normalized spacial score (nSPS) is 17.2. The number of hydrogen-bond donors (Lipinski definition) is 2. The van der Waals surface area contributed by atoms with Gasteiger partial charge in [0.1, 0.15) is 0 Å². The molecule has 0 saturated carbocycles. The molecule has 0 aromatic heterocycles. The Morgan fingerprint density at radius 1 is 1.16 bits per heavy atom. The number of piperazine rings is 1. The standard InChI is InChI=1S/C19H22N4O2/c1-14-12-22(10-11-23(14)13-24)16-8-6-15(7-9-16)19(25)21-18-5-3-2-4-17(18)20/h2-9,13-14H,10-12,20H2,1H3,(H,21,25). The van der Waals surface area contributed by atoms with E-state index in [0.29, 0.717) is 23.5 Å². The Balaban J connectivity index is 1.67. The zero-order valence-corrected chi connectivity index (χ0v) is 14.2. The molecule has 6 heteroatoms. The van der Waals surface area contributed by atoms with Crippen LogP contribution in [0.1, 0.15) is 17.3 Å². The summed E-state index contributed by atoms with van der Waals surface area (Å²) >= 11 is 0. The lowest BCUT2D eigenvalue weighted by Crippen LogP contribution is -2.51. The number of nitrogens with two attached hydrogens (primary N) is 1. The molecule has 1 unspecified atom stereocenters. The number of amides is 2. The van der Waals surface area contributed by atoms with E-state index in [4.69, 9.17) is 5.73 Å². The number of nitrogen functional groups attached to an aromatic ring is 1. The number of carbonyl (C=O) groups is 2. The van der Waals surface area contributed by atoms with Crippen LogP contribution in [-0.4, -0.2) is 42.9 Å². The first-order valence-corrected chi connectivity index (χ1v) is 8.30. The predicted octanol–water partition coefficient (Wildman–Crippen LogP) is 2.19. The van der Waals surface area contributed by atoms with Crippen LogP contribution >= 0.6 is 0 Å². The number of nitrogens with one attached hydrogen (secondary N) is 1. The fourth-order valence-electron chi connectivity index (χ4n) is 2.99. The highest BCUT2D eigenvalue weighted by Crippen LogP contribution is 2.21. The van der Waals surface area contributed by atoms with Crippen LogP contribution in [0.3, 0.4) is 0 Å². The number of benzene rings is 2. The Hall–Kier alpha value is -3.02. The zero-order valence-electron chi connectivity index (χ0n) is 14.2. The van der Waals surface area contributed by atoms with Crippen molar-refractivity contribution in [2.45, 2.75) is 13.0 Å². The highest BCUT2D eigenvalue weighted by atomic mass is 16.1. The fraction of sp³-hybridized carbons (Fsp3) is 0.263. The Labute approximate surface area is 147 Å². The fourth-order valence-corrected chi connectivity index (χ4v) is 2.99. The van der Waals surface area contributed by atoms with E-state index in [9.17, 15) is 9.59 Å². The highest BCUT2D eigenvalue weighted by molar-refractivity contribution is 6.05. The van der Waals surface area contributed by atoms with Gasteiger partial charge >= 0.3 is 0 Å². The molecule has 0 bridgehead atoms. The molecule has 3 rings (SSSR count). The quantitative estimate of drug-likeness (QED) is 0.662. The maximum absolute atomic E-state index is 12.4. The molecule has 1 atom stereocenters. The summed E-state index contributed by atoms with van der Waals surface area (Å²) in [5.74, 6) is -0.191. The van der Waals surface area contributed by atoms with Crippen molar-refractivity contribution in [1.29, 1.82) is 0 Å². The minimum absolute atomic E-state index is 0.176. The third-order valence-corrected chi connectivity index (χ3v) is 4.52. The van der Waals surface area contributed by atoms with Gasteiger partial charge in [-0.2, -0.15) is 0 Å². The SMILES string of the molecule is CC1CN(c2ccc(C(=O)Nc3ccccc3N)cc2)CCN1C=O. The monoisotopic (exact) mass is 338 g/mol. The second kappa shape index (κ2) is 7.25. The minimum atomic E-state index is -0.191. The first-order valence-electron chi connectivity index (χ1n) is 8.30. The highest BCUT2D eigenvalue weighted by Gasteiger charge is 2.22. The van der Waals surface area contributed by atoms with Crippen molar-refractivity contribution < 1.29 is 9.59 Å². The number of rotatable bonds is 4. The number of carbonyl (C=O) groups excluding carboxylic acids is 2. The Morgan fingerprint density at radius 3 is 2.52 bits per heavy atom. The maximum Gasteiger partial charge on any atom is 0.255 e. The summed E-state index contributed by atoms with van der Waals surface area (Å²) in [5, 5.41) is 2.82. The second-order valence-corrected chi connectivity index (χ2v) is 6.23. The van der Waals surface area contributed by atoms with Crippen LogP contribution in [0.15, 0.2) is 48.5 Å². The molecule has 3 N–H and O–H groups in total. The van der Waals surface area contributed by atoms with E-state index in [1.165, 1.54) is 0 Å². The van der Waals surface area contributed by atoms with Crippen LogP contribution in [0.2, 0.25) is 0 Å². The lowest BCUT2D eigenvalue weighted by atomic mass is 10.1. The van der Waals surface area contributed by atoms with Crippen LogP contribution in [0, 0.1) is 0 Å². The van der Waals surface area contributed by atoms with Gasteiger partial charge in [0.25, 0.3) is 5.91 Å². The average Bonchev–Trinajstić information content (AvgIpc) is 2.63. The van der Waals surface area contributed by atoms with Crippen molar-refractivity contribution in [3.63, 3.8) is 0 Å². The van der Waals surface area contributed by atoms with Gasteiger partial charge in [-0.15, -0.1) is 0 Å². The molecule has 2 aromatic carbocycles. The third kappa shape index (κ3) is 3.74. The first-order chi connectivity index (χ1) is 12.1. The van der Waals surface area contributed by atoms with Gasteiger partial charge in [-0.05, 0) is 43.3 Å². The van der Waals surface area contributed by atoms with E-state index < -0.39 is 0 Å². The zero-order chi connectivity index (χ0) is 17.8. The molecule has 2 amide bonds. The predicted molar refractivity (Wildman–Crippen MR) is 99.7 cm³/mol. The van der Waals surface area contributed by atoms with Crippen LogP contribution in [0.25, 0.3) is 0 Å². The van der Waals surface area contributed by atoms with Crippen LogP contribution in [0.5, 0.6) is 0 Å². The third-order valence-electron chi connectivity index (χ3n) is 4.52. The summed E-state index contributed by atoms with van der Waals surface area (Å²) in [6, 6.07) is 14.8. The Bertz CT molecular complexity index is 760. The van der Waals surface area contributed by atoms with E-state index in [0.717, 1.165) is 25.2 Å². The van der Waals surface area contributed by atoms with E-state index in [2.05, 4.69) is 10.2 Å². The molecule has 0 aliphatic carbocycles. The molecule has 0 spiro atoms. The molecule has 1 aliphatic rings. The van der Waals surface area contributed by atoms with Gasteiger partial charge in [0.2, 0.25) is 6.41 Å². The van der Waals surface area contributed by atoms with Crippen molar-refractivity contribution in [3.8, 4) is 0 Å². The van der Waals surface area contributed by atoms with Gasteiger partial charge in [0.05, 0.1) is 11.4 Å². The van der Waals surface area contributed by atoms with E-state index in [-0.39, 0.29) is 11.9 Å². The molecule has 1 fully saturated rings. The number of para-hydroxylation sites is 2. The van der Waals surface area contributed by atoms with Gasteiger partial charge in [-0.1, -0.05) is 12.1 Å². The topological polar surface area (TPSA) is 78.7 Å². The molecule has 25 heavy (non-hydrogen) atoms. The summed E-state index contributed by atoms with van der Waals surface area (Å²) < 4.78 is 0. The molecule has 2 aromatic rings. The summed E-state index contributed by atoms with van der Waals surface area (Å²) in [4.78, 5) is 27.4. The van der Waals surface area contributed by atoms with Crippen LogP contribution in [-0.2, 0) is 4.79 Å². The van der Waals surface area contributed by atoms with Crippen molar-refractivity contribution in [2.24, 2.45) is 0 Å². The van der Waals surface area contributed by atoms with E-state index in [1.807, 2.05) is 36.1 Å². The molecular weight excluding hydrogens is 316 g/mol. The smallest absolute Gasteiger partial charge is 0.255 e. The van der Waals surface area contributed by atoms with Gasteiger partial charge in [0, 0.05) is 36.9 Å². The molecule has 1 saturated heterocycles. The second-order valence-electron chi connectivity index (χ2n) is 6.23. The number of hydrogen-bond acceptors (Lipinski definition) is 4. The van der Waals surface area contributed by atoms with E-state index >= 15 is 0 Å². The van der Waals surface area contributed by atoms with Gasteiger partial charge in [0.15, 0.2) is 0 Å². The van der Waals surface area contributed by atoms with Crippen molar-refractivity contribution in [1.82, 2.24) is 4.90 Å². The van der Waals surface area contributed by atoms with Gasteiger partial charge < -0.3 is 20.9 Å². The van der Waals surface area contributed by atoms with E-state index in [1.54, 1.807) is 24.3 Å². The van der Waals surface area contributed by atoms with Crippen molar-refractivity contribution in [2.75, 3.05) is 35.6 Å². The summed E-state index contributed by atoms with van der Waals surface area (Å²) in [7, 11) is 0. The molecular formula is C19H22N4O2. The lowest BCUT2D eigenvalue weighted by Gasteiger charge is -2.39. The molecule has 1 heterocycles. The summed E-state index contributed by atoms with van der Waals surface area (Å²) in [5.41, 5.74) is 8.62. The number of anilines is 3. The van der Waals surface area contributed by atoms with Crippen molar-refractivity contribution in [3.05, 3.63) is 54.1 Å².